The van der Waals surface area contributed by atoms with Crippen LogP contribution in [0.1, 0.15) is 5.56 Å². The predicted octanol–water partition coefficient (Wildman–Crippen LogP) is 2.67. The molecule has 2 N–H and O–H groups in total. The number of aliphatic hydroxyl groups is 1. The molecule has 1 unspecified atom stereocenters. The first-order valence-corrected chi connectivity index (χ1v) is 8.50. The Labute approximate surface area is 150 Å². The number of nitrogens with zero attached hydrogens (tertiary/aromatic N) is 2. The van der Waals surface area contributed by atoms with Crippen molar-refractivity contribution in [1.29, 1.82) is 0 Å². The van der Waals surface area contributed by atoms with E-state index < -0.39 is 6.10 Å². The Balaban J connectivity index is 1.80. The fourth-order valence-corrected chi connectivity index (χ4v) is 2.45. The molecule has 0 fully saturated rings. The van der Waals surface area contributed by atoms with Crippen molar-refractivity contribution in [1.82, 2.24) is 4.90 Å². The third-order valence-electron chi connectivity index (χ3n) is 3.82. The third-order valence-corrected chi connectivity index (χ3v) is 3.82. The van der Waals surface area contributed by atoms with Gasteiger partial charge in [0.1, 0.15) is 18.5 Å². The minimum absolute atomic E-state index is 0.295. The molecule has 0 spiro atoms. The van der Waals surface area contributed by atoms with Crippen molar-refractivity contribution in [2.75, 3.05) is 51.6 Å². The highest BCUT2D eigenvalue weighted by Crippen LogP contribution is 2.18. The minimum atomic E-state index is -0.488. The van der Waals surface area contributed by atoms with E-state index in [2.05, 4.69) is 34.5 Å². The SMILES string of the molecule is CN(C)CC(O)COc1ccc(NCc2ccc(N(C)C)cc2)cc1. The Morgan fingerprint density at radius 1 is 0.960 bits per heavy atom. The summed E-state index contributed by atoms with van der Waals surface area (Å²) in [5, 5.41) is 13.2. The molecule has 25 heavy (non-hydrogen) atoms. The van der Waals surface area contributed by atoms with Crippen LogP contribution < -0.4 is 15.0 Å². The number of hydrogen-bond donors (Lipinski definition) is 2. The molecule has 5 heteroatoms. The number of benzene rings is 2. The van der Waals surface area contributed by atoms with Gasteiger partial charge in [-0.1, -0.05) is 12.1 Å². The molecule has 0 saturated carbocycles. The monoisotopic (exact) mass is 343 g/mol. The molecule has 0 radical (unpaired) electrons. The van der Waals surface area contributed by atoms with Crippen LogP contribution in [0.15, 0.2) is 48.5 Å². The summed E-state index contributed by atoms with van der Waals surface area (Å²) in [5.41, 5.74) is 3.47. The van der Waals surface area contributed by atoms with E-state index in [1.54, 1.807) is 0 Å². The average molecular weight is 343 g/mol. The van der Waals surface area contributed by atoms with Crippen LogP contribution in [0.2, 0.25) is 0 Å². The first kappa shape index (κ1) is 19.1. The summed E-state index contributed by atoms with van der Waals surface area (Å²) in [4.78, 5) is 4.03. The zero-order valence-electron chi connectivity index (χ0n) is 15.6. The first-order valence-electron chi connectivity index (χ1n) is 8.50. The van der Waals surface area contributed by atoms with Gasteiger partial charge >= 0.3 is 0 Å². The van der Waals surface area contributed by atoms with Crippen LogP contribution in [0.4, 0.5) is 11.4 Å². The highest BCUT2D eigenvalue weighted by molar-refractivity contribution is 5.49. The van der Waals surface area contributed by atoms with Crippen molar-refractivity contribution in [2.45, 2.75) is 12.6 Å². The van der Waals surface area contributed by atoms with E-state index in [-0.39, 0.29) is 0 Å². The molecule has 2 aromatic carbocycles. The lowest BCUT2D eigenvalue weighted by molar-refractivity contribution is 0.0831. The topological polar surface area (TPSA) is 48.0 Å². The van der Waals surface area contributed by atoms with Crippen LogP contribution in [0.25, 0.3) is 0 Å². The Kier molecular flexibility index (Phi) is 7.10. The molecular formula is C20H29N3O2. The first-order chi connectivity index (χ1) is 11.9. The number of rotatable bonds is 9. The Morgan fingerprint density at radius 3 is 2.16 bits per heavy atom. The number of nitrogens with one attached hydrogen (secondary N) is 1. The van der Waals surface area contributed by atoms with E-state index in [1.165, 1.54) is 11.3 Å². The van der Waals surface area contributed by atoms with E-state index in [4.69, 9.17) is 4.74 Å². The van der Waals surface area contributed by atoms with Gasteiger partial charge in [0.15, 0.2) is 0 Å². The number of anilines is 2. The average Bonchev–Trinajstić information content (AvgIpc) is 2.59. The zero-order chi connectivity index (χ0) is 18.2. The molecule has 0 aliphatic carbocycles. The number of ether oxygens (including phenoxy) is 1. The van der Waals surface area contributed by atoms with E-state index in [1.807, 2.05) is 57.4 Å². The van der Waals surface area contributed by atoms with Crippen LogP contribution in [0, 0.1) is 0 Å². The lowest BCUT2D eigenvalue weighted by Gasteiger charge is -2.16. The van der Waals surface area contributed by atoms with Gasteiger partial charge in [-0.2, -0.15) is 0 Å². The van der Waals surface area contributed by atoms with Crippen molar-refractivity contribution in [3.8, 4) is 5.75 Å². The predicted molar refractivity (Wildman–Crippen MR) is 105 cm³/mol. The van der Waals surface area contributed by atoms with Crippen LogP contribution in [0.3, 0.4) is 0 Å². The van der Waals surface area contributed by atoms with E-state index in [0.29, 0.717) is 13.2 Å². The maximum absolute atomic E-state index is 9.82. The maximum Gasteiger partial charge on any atom is 0.119 e. The Bertz CT molecular complexity index is 624. The molecule has 0 bridgehead atoms. The highest BCUT2D eigenvalue weighted by atomic mass is 16.5. The molecule has 1 atom stereocenters. The second kappa shape index (κ2) is 9.30. The molecule has 0 saturated heterocycles. The molecule has 5 nitrogen and oxygen atoms in total. The van der Waals surface area contributed by atoms with Gasteiger partial charge in [-0.25, -0.2) is 0 Å². The fraction of sp³-hybridized carbons (Fsp3) is 0.400. The number of hydrogen-bond acceptors (Lipinski definition) is 5. The second-order valence-corrected chi connectivity index (χ2v) is 6.67. The summed E-state index contributed by atoms with van der Waals surface area (Å²) < 4.78 is 5.61. The lowest BCUT2D eigenvalue weighted by Crippen LogP contribution is -2.30. The highest BCUT2D eigenvalue weighted by Gasteiger charge is 2.06. The Morgan fingerprint density at radius 2 is 1.60 bits per heavy atom. The van der Waals surface area contributed by atoms with Crippen molar-refractivity contribution in [3.05, 3.63) is 54.1 Å². The van der Waals surface area contributed by atoms with Gasteiger partial charge in [0.2, 0.25) is 0 Å². The third kappa shape index (κ3) is 6.64. The summed E-state index contributed by atoms with van der Waals surface area (Å²) in [6.45, 7) is 1.66. The second-order valence-electron chi connectivity index (χ2n) is 6.67. The van der Waals surface area contributed by atoms with Crippen LogP contribution in [-0.2, 0) is 6.54 Å². The molecular weight excluding hydrogens is 314 g/mol. The molecule has 2 rings (SSSR count). The van der Waals surface area contributed by atoms with Gasteiger partial charge in [-0.15, -0.1) is 0 Å². The molecule has 0 aliphatic rings. The largest absolute Gasteiger partial charge is 0.491 e. The van der Waals surface area contributed by atoms with Crippen molar-refractivity contribution < 1.29 is 9.84 Å². The molecule has 0 heterocycles. The van der Waals surface area contributed by atoms with Gasteiger partial charge in [-0.05, 0) is 56.1 Å². The summed E-state index contributed by atoms with van der Waals surface area (Å²) in [6.07, 6.45) is -0.488. The van der Waals surface area contributed by atoms with Gasteiger partial charge in [0, 0.05) is 38.6 Å². The molecule has 136 valence electrons. The van der Waals surface area contributed by atoms with Gasteiger partial charge < -0.3 is 25.0 Å². The lowest BCUT2D eigenvalue weighted by atomic mass is 10.2. The molecule has 0 aromatic heterocycles. The number of likely N-dealkylation sites (N-methyl/N-ethyl adjacent to an activating group) is 1. The van der Waals surface area contributed by atoms with Gasteiger partial charge in [0.25, 0.3) is 0 Å². The van der Waals surface area contributed by atoms with Crippen molar-refractivity contribution in [2.24, 2.45) is 0 Å². The fourth-order valence-electron chi connectivity index (χ4n) is 2.45. The Hall–Kier alpha value is -2.24. The van der Waals surface area contributed by atoms with Crippen LogP contribution >= 0.6 is 0 Å². The van der Waals surface area contributed by atoms with E-state index in [9.17, 15) is 5.11 Å². The van der Waals surface area contributed by atoms with Gasteiger partial charge in [-0.3, -0.25) is 0 Å². The normalized spacial score (nSPS) is 12.1. The van der Waals surface area contributed by atoms with E-state index >= 15 is 0 Å². The zero-order valence-corrected chi connectivity index (χ0v) is 15.6. The van der Waals surface area contributed by atoms with Crippen molar-refractivity contribution in [3.63, 3.8) is 0 Å². The molecule has 0 aliphatic heterocycles. The summed E-state index contributed by atoms with van der Waals surface area (Å²) in [5.74, 6) is 0.763. The van der Waals surface area contributed by atoms with Gasteiger partial charge in [0.05, 0.1) is 0 Å². The molecule has 0 amide bonds. The molecule has 2 aromatic rings. The van der Waals surface area contributed by atoms with Crippen LogP contribution in [-0.4, -0.2) is 57.5 Å². The quantitative estimate of drug-likeness (QED) is 0.733. The standard InChI is InChI=1S/C20H29N3O2/c1-22(2)14-19(24)15-25-20-11-7-17(8-12-20)21-13-16-5-9-18(10-6-16)23(3)4/h5-12,19,21,24H,13-15H2,1-4H3. The smallest absolute Gasteiger partial charge is 0.119 e. The van der Waals surface area contributed by atoms with Crippen LogP contribution in [0.5, 0.6) is 5.75 Å². The summed E-state index contributed by atoms with van der Waals surface area (Å²) in [7, 11) is 7.93. The number of aliphatic hydroxyl groups excluding tert-OH is 1. The summed E-state index contributed by atoms with van der Waals surface area (Å²) >= 11 is 0. The van der Waals surface area contributed by atoms with Crippen molar-refractivity contribution >= 4 is 11.4 Å². The maximum atomic E-state index is 9.82. The minimum Gasteiger partial charge on any atom is -0.491 e. The summed E-state index contributed by atoms with van der Waals surface area (Å²) in [6, 6.07) is 16.3. The van der Waals surface area contributed by atoms with E-state index in [0.717, 1.165) is 18.0 Å².